The molecule has 2 aromatic carbocycles. The first-order chi connectivity index (χ1) is 11.7. The normalized spacial score (nSPS) is 14.8. The van der Waals surface area contributed by atoms with Crippen molar-refractivity contribution in [3.63, 3.8) is 0 Å². The van der Waals surface area contributed by atoms with Crippen LogP contribution in [-0.4, -0.2) is 35.8 Å². The largest absolute Gasteiger partial charge is 0.312 e. The van der Waals surface area contributed by atoms with Gasteiger partial charge in [-0.2, -0.15) is 0 Å². The van der Waals surface area contributed by atoms with Gasteiger partial charge < -0.3 is 5.32 Å². The number of hydrogen-bond donors (Lipinski definition) is 1. The Balaban J connectivity index is 1.45. The number of rotatable bonds is 7. The minimum atomic E-state index is -0.186. The van der Waals surface area contributed by atoms with Crippen molar-refractivity contribution in [2.45, 2.75) is 25.8 Å². The van der Waals surface area contributed by atoms with Crippen LogP contribution in [0.1, 0.15) is 39.6 Å². The molecule has 1 heterocycles. The predicted molar refractivity (Wildman–Crippen MR) is 94.0 cm³/mol. The zero-order chi connectivity index (χ0) is 16.9. The molecule has 0 radical (unpaired) electrons. The summed E-state index contributed by atoms with van der Waals surface area (Å²) in [5.74, 6) is -0.372. The van der Waals surface area contributed by atoms with Crippen LogP contribution in [0, 0.1) is 0 Å². The fourth-order valence-corrected chi connectivity index (χ4v) is 2.99. The summed E-state index contributed by atoms with van der Waals surface area (Å²) >= 11 is 0. The molecule has 0 fully saturated rings. The third-order valence-corrected chi connectivity index (χ3v) is 4.42. The van der Waals surface area contributed by atoms with Gasteiger partial charge in [0.2, 0.25) is 0 Å². The van der Waals surface area contributed by atoms with Crippen molar-refractivity contribution in [2.75, 3.05) is 13.1 Å². The molecule has 124 valence electrons. The second-order valence-corrected chi connectivity index (χ2v) is 6.19. The van der Waals surface area contributed by atoms with Crippen LogP contribution in [-0.2, 0) is 6.42 Å². The Morgan fingerprint density at radius 1 is 0.917 bits per heavy atom. The average Bonchev–Trinajstić information content (AvgIpc) is 2.86. The van der Waals surface area contributed by atoms with Crippen LogP contribution in [0.25, 0.3) is 0 Å². The molecule has 1 aliphatic rings. The summed E-state index contributed by atoms with van der Waals surface area (Å²) in [4.78, 5) is 25.9. The first-order valence-electron chi connectivity index (χ1n) is 8.39. The van der Waals surface area contributed by atoms with Crippen LogP contribution in [0.5, 0.6) is 0 Å². The molecule has 1 atom stereocenters. The molecular formula is C20H22N2O2. The van der Waals surface area contributed by atoms with E-state index in [1.54, 1.807) is 24.3 Å². The zero-order valence-corrected chi connectivity index (χ0v) is 13.9. The SMILES string of the molecule is CC(CCc1ccccc1)NCCN1C(=O)c2ccccc2C1=O. The van der Waals surface area contributed by atoms with Crippen molar-refractivity contribution < 1.29 is 9.59 Å². The number of fused-ring (bicyclic) bond motifs is 1. The maximum Gasteiger partial charge on any atom is 0.261 e. The van der Waals surface area contributed by atoms with E-state index in [4.69, 9.17) is 0 Å². The molecule has 2 amide bonds. The van der Waals surface area contributed by atoms with Gasteiger partial charge in [0.25, 0.3) is 11.8 Å². The van der Waals surface area contributed by atoms with E-state index in [0.717, 1.165) is 12.8 Å². The number of nitrogens with one attached hydrogen (secondary N) is 1. The first-order valence-corrected chi connectivity index (χ1v) is 8.39. The van der Waals surface area contributed by atoms with Crippen LogP contribution in [0.4, 0.5) is 0 Å². The molecule has 0 saturated carbocycles. The van der Waals surface area contributed by atoms with E-state index in [9.17, 15) is 9.59 Å². The molecule has 1 N–H and O–H groups in total. The van der Waals surface area contributed by atoms with Crippen LogP contribution in [0.2, 0.25) is 0 Å². The van der Waals surface area contributed by atoms with Crippen molar-refractivity contribution in [3.05, 3.63) is 71.3 Å². The van der Waals surface area contributed by atoms with Gasteiger partial charge in [-0.3, -0.25) is 14.5 Å². The topological polar surface area (TPSA) is 49.4 Å². The quantitative estimate of drug-likeness (QED) is 0.798. The molecule has 3 rings (SSSR count). The van der Waals surface area contributed by atoms with Crippen molar-refractivity contribution in [2.24, 2.45) is 0 Å². The van der Waals surface area contributed by atoms with E-state index in [0.29, 0.717) is 30.3 Å². The third kappa shape index (κ3) is 3.54. The van der Waals surface area contributed by atoms with Crippen LogP contribution in [0.15, 0.2) is 54.6 Å². The molecule has 4 nitrogen and oxygen atoms in total. The summed E-state index contributed by atoms with van der Waals surface area (Å²) in [5, 5.41) is 3.40. The number of carbonyl (C=O) groups excluding carboxylic acids is 2. The van der Waals surface area contributed by atoms with Crippen molar-refractivity contribution in [1.82, 2.24) is 10.2 Å². The Labute approximate surface area is 142 Å². The monoisotopic (exact) mass is 322 g/mol. The van der Waals surface area contributed by atoms with E-state index in [1.807, 2.05) is 6.07 Å². The molecule has 1 aliphatic heterocycles. The lowest BCUT2D eigenvalue weighted by molar-refractivity contribution is 0.0654. The summed E-state index contributed by atoms with van der Waals surface area (Å²) in [6.07, 6.45) is 2.04. The lowest BCUT2D eigenvalue weighted by Gasteiger charge is -2.17. The lowest BCUT2D eigenvalue weighted by atomic mass is 10.1. The molecule has 0 aromatic heterocycles. The fraction of sp³-hybridized carbons (Fsp3) is 0.300. The summed E-state index contributed by atoms with van der Waals surface area (Å²) < 4.78 is 0. The van der Waals surface area contributed by atoms with Gasteiger partial charge in [-0.25, -0.2) is 0 Å². The molecule has 2 aromatic rings. The van der Waals surface area contributed by atoms with Gasteiger partial charge in [-0.15, -0.1) is 0 Å². The van der Waals surface area contributed by atoms with Crippen molar-refractivity contribution in [1.29, 1.82) is 0 Å². The van der Waals surface area contributed by atoms with E-state index in [2.05, 4.69) is 36.5 Å². The van der Waals surface area contributed by atoms with Gasteiger partial charge in [-0.1, -0.05) is 42.5 Å². The highest BCUT2D eigenvalue weighted by Crippen LogP contribution is 2.21. The predicted octanol–water partition coefficient (Wildman–Crippen LogP) is 2.89. The van der Waals surface area contributed by atoms with Crippen LogP contribution >= 0.6 is 0 Å². The number of aryl methyl sites for hydroxylation is 1. The molecule has 0 spiro atoms. The van der Waals surface area contributed by atoms with E-state index >= 15 is 0 Å². The Kier molecular flexibility index (Phi) is 5.06. The molecule has 1 unspecified atom stereocenters. The van der Waals surface area contributed by atoms with Gasteiger partial charge in [0.15, 0.2) is 0 Å². The lowest BCUT2D eigenvalue weighted by Crippen LogP contribution is -2.39. The van der Waals surface area contributed by atoms with E-state index in [1.165, 1.54) is 10.5 Å². The Morgan fingerprint density at radius 2 is 1.50 bits per heavy atom. The number of imide groups is 1. The molecule has 0 aliphatic carbocycles. The molecular weight excluding hydrogens is 300 g/mol. The maximum atomic E-state index is 12.3. The second kappa shape index (κ2) is 7.41. The summed E-state index contributed by atoms with van der Waals surface area (Å²) in [6.45, 7) is 3.15. The highest BCUT2D eigenvalue weighted by molar-refractivity contribution is 6.21. The number of amides is 2. The minimum Gasteiger partial charge on any atom is -0.312 e. The maximum absolute atomic E-state index is 12.3. The Bertz CT molecular complexity index is 692. The van der Waals surface area contributed by atoms with E-state index < -0.39 is 0 Å². The highest BCUT2D eigenvalue weighted by atomic mass is 16.2. The van der Waals surface area contributed by atoms with Crippen LogP contribution < -0.4 is 5.32 Å². The van der Waals surface area contributed by atoms with Gasteiger partial charge in [-0.05, 0) is 37.5 Å². The zero-order valence-electron chi connectivity index (χ0n) is 13.9. The summed E-state index contributed by atoms with van der Waals surface area (Å²) in [5.41, 5.74) is 2.35. The van der Waals surface area contributed by atoms with Crippen LogP contribution in [0.3, 0.4) is 0 Å². The smallest absolute Gasteiger partial charge is 0.261 e. The van der Waals surface area contributed by atoms with Crippen molar-refractivity contribution >= 4 is 11.8 Å². The Hall–Kier alpha value is -2.46. The second-order valence-electron chi connectivity index (χ2n) is 6.19. The van der Waals surface area contributed by atoms with Crippen molar-refractivity contribution in [3.8, 4) is 0 Å². The number of hydrogen-bond acceptors (Lipinski definition) is 3. The van der Waals surface area contributed by atoms with Gasteiger partial charge in [0, 0.05) is 19.1 Å². The number of nitrogens with zero attached hydrogens (tertiary/aromatic N) is 1. The highest BCUT2D eigenvalue weighted by Gasteiger charge is 2.34. The summed E-state index contributed by atoms with van der Waals surface area (Å²) in [7, 11) is 0. The standard InChI is InChI=1S/C20H22N2O2/c1-15(11-12-16-7-3-2-4-8-16)21-13-14-22-19(23)17-9-5-6-10-18(17)20(22)24/h2-10,15,21H,11-14H2,1H3. The molecule has 24 heavy (non-hydrogen) atoms. The Morgan fingerprint density at radius 3 is 2.12 bits per heavy atom. The van der Waals surface area contributed by atoms with Gasteiger partial charge >= 0.3 is 0 Å². The molecule has 0 saturated heterocycles. The van der Waals surface area contributed by atoms with Gasteiger partial charge in [0.05, 0.1) is 11.1 Å². The van der Waals surface area contributed by atoms with E-state index in [-0.39, 0.29) is 11.8 Å². The number of carbonyl (C=O) groups is 2. The molecule has 4 heteroatoms. The number of benzene rings is 2. The summed E-state index contributed by atoms with van der Waals surface area (Å²) in [6, 6.07) is 17.7. The third-order valence-electron chi connectivity index (χ3n) is 4.42. The molecule has 0 bridgehead atoms. The minimum absolute atomic E-state index is 0.186. The first kappa shape index (κ1) is 16.4. The van der Waals surface area contributed by atoms with Gasteiger partial charge in [0.1, 0.15) is 0 Å². The fourth-order valence-electron chi connectivity index (χ4n) is 2.99. The average molecular weight is 322 g/mol.